The van der Waals surface area contributed by atoms with E-state index in [4.69, 9.17) is 0 Å². The van der Waals surface area contributed by atoms with Gasteiger partial charge in [0.05, 0.1) is 15.5 Å². The number of benzene rings is 3. The lowest BCUT2D eigenvalue weighted by Gasteiger charge is -2.36. The minimum absolute atomic E-state index is 0.0390. The van der Waals surface area contributed by atoms with Gasteiger partial charge in [0.1, 0.15) is 0 Å². The van der Waals surface area contributed by atoms with Gasteiger partial charge >= 0.3 is 0 Å². The number of hydrogen-bond acceptors (Lipinski definition) is 6. The van der Waals surface area contributed by atoms with E-state index >= 15 is 0 Å². The number of sulfonamides is 1. The summed E-state index contributed by atoms with van der Waals surface area (Å²) in [4.78, 5) is 27.2. The molecule has 1 heterocycles. The summed E-state index contributed by atoms with van der Waals surface area (Å²) < 4.78 is 28.0. The molecule has 1 N–H and O–H groups in total. The third kappa shape index (κ3) is 5.01. The molecule has 176 valence electrons. The SMILES string of the molecule is Cc1ccccc1NS(=O)(=O)c1ccc(C(=O)N2CCN(c3ccc([N+](=O)[O-])cc3)CC2)cc1. The zero-order valence-electron chi connectivity index (χ0n) is 18.5. The fourth-order valence-corrected chi connectivity index (χ4v) is 4.93. The van der Waals surface area contributed by atoms with Crippen molar-refractivity contribution in [2.45, 2.75) is 11.8 Å². The van der Waals surface area contributed by atoms with Crippen LogP contribution in [0.3, 0.4) is 0 Å². The molecule has 1 saturated heterocycles. The van der Waals surface area contributed by atoms with Crippen LogP contribution in [0.2, 0.25) is 0 Å². The first-order valence-electron chi connectivity index (χ1n) is 10.7. The van der Waals surface area contributed by atoms with Crippen LogP contribution in [0, 0.1) is 17.0 Å². The molecule has 10 heteroatoms. The van der Waals surface area contributed by atoms with Crippen LogP contribution < -0.4 is 9.62 Å². The number of nitrogens with zero attached hydrogens (tertiary/aromatic N) is 3. The molecule has 1 aliphatic rings. The lowest BCUT2D eigenvalue weighted by molar-refractivity contribution is -0.384. The molecule has 0 aliphatic carbocycles. The summed E-state index contributed by atoms with van der Waals surface area (Å²) in [6.07, 6.45) is 0. The predicted molar refractivity (Wildman–Crippen MR) is 130 cm³/mol. The van der Waals surface area contributed by atoms with Gasteiger partial charge in [0.2, 0.25) is 0 Å². The van der Waals surface area contributed by atoms with Gasteiger partial charge in [-0.1, -0.05) is 18.2 Å². The molecule has 0 saturated carbocycles. The summed E-state index contributed by atoms with van der Waals surface area (Å²) in [5.41, 5.74) is 2.64. The van der Waals surface area contributed by atoms with Crippen LogP contribution in [-0.2, 0) is 10.0 Å². The molecule has 0 unspecified atom stereocenters. The lowest BCUT2D eigenvalue weighted by atomic mass is 10.1. The second-order valence-electron chi connectivity index (χ2n) is 8.00. The van der Waals surface area contributed by atoms with Gasteiger partial charge in [-0.2, -0.15) is 0 Å². The molecule has 3 aromatic carbocycles. The fourth-order valence-electron chi connectivity index (χ4n) is 3.80. The van der Waals surface area contributed by atoms with Crippen LogP contribution >= 0.6 is 0 Å². The maximum atomic E-state index is 12.9. The van der Waals surface area contributed by atoms with Crippen LogP contribution in [0.4, 0.5) is 17.1 Å². The van der Waals surface area contributed by atoms with Crippen molar-refractivity contribution in [1.29, 1.82) is 0 Å². The average Bonchev–Trinajstić information content (AvgIpc) is 2.85. The number of carbonyl (C=O) groups excluding carboxylic acids is 1. The predicted octanol–water partition coefficient (Wildman–Crippen LogP) is 3.67. The highest BCUT2D eigenvalue weighted by Gasteiger charge is 2.23. The molecule has 0 aromatic heterocycles. The minimum Gasteiger partial charge on any atom is -0.368 e. The Balaban J connectivity index is 1.38. The summed E-state index contributed by atoms with van der Waals surface area (Å²) in [6, 6.07) is 19.4. The molecule has 9 nitrogen and oxygen atoms in total. The van der Waals surface area contributed by atoms with Gasteiger partial charge in [-0.05, 0) is 55.0 Å². The van der Waals surface area contributed by atoms with E-state index in [1.807, 2.05) is 19.1 Å². The number of rotatable bonds is 6. The Kier molecular flexibility index (Phi) is 6.51. The number of piperazine rings is 1. The van der Waals surface area contributed by atoms with E-state index in [-0.39, 0.29) is 16.5 Å². The summed E-state index contributed by atoms with van der Waals surface area (Å²) >= 11 is 0. The van der Waals surface area contributed by atoms with E-state index in [0.717, 1.165) is 11.3 Å². The van der Waals surface area contributed by atoms with E-state index in [1.165, 1.54) is 36.4 Å². The first-order valence-corrected chi connectivity index (χ1v) is 12.2. The molecular weight excluding hydrogens is 456 g/mol. The molecule has 3 aromatic rings. The number of carbonyl (C=O) groups is 1. The van der Waals surface area contributed by atoms with Crippen molar-refractivity contribution in [3.05, 3.63) is 94.0 Å². The number of non-ortho nitro benzene ring substituents is 1. The van der Waals surface area contributed by atoms with E-state index in [9.17, 15) is 23.3 Å². The van der Waals surface area contributed by atoms with Gasteiger partial charge in [0.25, 0.3) is 21.6 Å². The Morgan fingerprint density at radius 2 is 1.53 bits per heavy atom. The Hall–Kier alpha value is -3.92. The van der Waals surface area contributed by atoms with Crippen LogP contribution in [0.5, 0.6) is 0 Å². The number of aryl methyl sites for hydroxylation is 1. The van der Waals surface area contributed by atoms with Crippen molar-refractivity contribution >= 4 is 33.0 Å². The Labute approximate surface area is 197 Å². The van der Waals surface area contributed by atoms with Gasteiger partial charge in [-0.15, -0.1) is 0 Å². The smallest absolute Gasteiger partial charge is 0.269 e. The average molecular weight is 481 g/mol. The molecule has 1 aliphatic heterocycles. The highest BCUT2D eigenvalue weighted by molar-refractivity contribution is 7.92. The minimum atomic E-state index is -3.77. The maximum absolute atomic E-state index is 12.9. The monoisotopic (exact) mass is 480 g/mol. The maximum Gasteiger partial charge on any atom is 0.269 e. The Bertz CT molecular complexity index is 1300. The number of nitro groups is 1. The van der Waals surface area contributed by atoms with Gasteiger partial charge in [-0.25, -0.2) is 8.42 Å². The molecule has 0 spiro atoms. The zero-order chi connectivity index (χ0) is 24.3. The quantitative estimate of drug-likeness (QED) is 0.426. The third-order valence-corrected chi connectivity index (χ3v) is 7.17. The van der Waals surface area contributed by atoms with E-state index in [0.29, 0.717) is 37.4 Å². The first kappa shape index (κ1) is 23.2. The molecule has 0 radical (unpaired) electrons. The van der Waals surface area contributed by atoms with Crippen LogP contribution in [0.1, 0.15) is 15.9 Å². The molecule has 1 fully saturated rings. The highest BCUT2D eigenvalue weighted by Crippen LogP contribution is 2.22. The third-order valence-electron chi connectivity index (χ3n) is 5.79. The van der Waals surface area contributed by atoms with Gasteiger partial charge in [0.15, 0.2) is 0 Å². The second kappa shape index (κ2) is 9.52. The largest absolute Gasteiger partial charge is 0.368 e. The van der Waals surface area contributed by atoms with Crippen LogP contribution in [0.15, 0.2) is 77.7 Å². The van der Waals surface area contributed by atoms with E-state index in [1.54, 1.807) is 29.2 Å². The standard InChI is InChI=1S/C24H24N4O5S/c1-18-4-2-3-5-23(18)25-34(32,33)22-12-6-19(7-13-22)24(29)27-16-14-26(15-17-27)20-8-10-21(11-9-20)28(30)31/h2-13,25H,14-17H2,1H3. The normalized spacial score (nSPS) is 14.0. The molecular formula is C24H24N4O5S. The van der Waals surface area contributed by atoms with Crippen molar-refractivity contribution in [2.24, 2.45) is 0 Å². The van der Waals surface area contributed by atoms with Gasteiger partial charge < -0.3 is 9.80 Å². The summed E-state index contributed by atoms with van der Waals surface area (Å²) in [5.74, 6) is -0.167. The van der Waals surface area contributed by atoms with Crippen molar-refractivity contribution in [3.8, 4) is 0 Å². The Morgan fingerprint density at radius 3 is 2.12 bits per heavy atom. The van der Waals surface area contributed by atoms with Crippen LogP contribution in [-0.4, -0.2) is 50.3 Å². The molecule has 0 atom stereocenters. The molecule has 4 rings (SSSR count). The zero-order valence-corrected chi connectivity index (χ0v) is 19.4. The van der Waals surface area contributed by atoms with Crippen molar-refractivity contribution < 1.29 is 18.1 Å². The topological polar surface area (TPSA) is 113 Å². The number of nitro benzene ring substituents is 1. The fraction of sp³-hybridized carbons (Fsp3) is 0.208. The number of para-hydroxylation sites is 1. The van der Waals surface area contributed by atoms with Crippen LogP contribution in [0.25, 0.3) is 0 Å². The van der Waals surface area contributed by atoms with E-state index < -0.39 is 14.9 Å². The number of nitrogens with one attached hydrogen (secondary N) is 1. The molecule has 34 heavy (non-hydrogen) atoms. The number of hydrogen-bond donors (Lipinski definition) is 1. The lowest BCUT2D eigenvalue weighted by Crippen LogP contribution is -2.48. The van der Waals surface area contributed by atoms with Crippen molar-refractivity contribution in [3.63, 3.8) is 0 Å². The number of amides is 1. The van der Waals surface area contributed by atoms with E-state index in [2.05, 4.69) is 9.62 Å². The summed E-state index contributed by atoms with van der Waals surface area (Å²) in [5, 5.41) is 10.8. The molecule has 0 bridgehead atoms. The number of anilines is 2. The first-order chi connectivity index (χ1) is 16.2. The van der Waals surface area contributed by atoms with Crippen molar-refractivity contribution in [2.75, 3.05) is 35.8 Å². The van der Waals surface area contributed by atoms with Gasteiger partial charge in [0, 0.05) is 49.6 Å². The summed E-state index contributed by atoms with van der Waals surface area (Å²) in [6.45, 7) is 3.99. The highest BCUT2D eigenvalue weighted by atomic mass is 32.2. The van der Waals surface area contributed by atoms with Gasteiger partial charge in [-0.3, -0.25) is 19.6 Å². The summed E-state index contributed by atoms with van der Waals surface area (Å²) in [7, 11) is -3.77. The Morgan fingerprint density at radius 1 is 0.912 bits per heavy atom. The molecule has 1 amide bonds. The second-order valence-corrected chi connectivity index (χ2v) is 9.68. The van der Waals surface area contributed by atoms with Crippen molar-refractivity contribution in [1.82, 2.24) is 4.90 Å².